The van der Waals surface area contributed by atoms with Gasteiger partial charge in [-0.1, -0.05) is 31.5 Å². The van der Waals surface area contributed by atoms with Gasteiger partial charge in [-0.15, -0.1) is 0 Å². The van der Waals surface area contributed by atoms with Gasteiger partial charge < -0.3 is 10.6 Å². The zero-order chi connectivity index (χ0) is 18.4. The van der Waals surface area contributed by atoms with E-state index in [1.165, 1.54) is 12.4 Å². The molecule has 25 heavy (non-hydrogen) atoms. The van der Waals surface area contributed by atoms with Gasteiger partial charge >= 0.3 is 0 Å². The van der Waals surface area contributed by atoms with E-state index in [-0.39, 0.29) is 11.8 Å². The maximum absolute atomic E-state index is 12.4. The van der Waals surface area contributed by atoms with Crippen molar-refractivity contribution in [1.29, 1.82) is 0 Å². The van der Waals surface area contributed by atoms with Crippen molar-refractivity contribution >= 4 is 17.5 Å². The van der Waals surface area contributed by atoms with E-state index in [1.807, 2.05) is 32.0 Å². The maximum Gasteiger partial charge on any atom is 0.257 e. The van der Waals surface area contributed by atoms with Crippen LogP contribution in [0.25, 0.3) is 0 Å². The van der Waals surface area contributed by atoms with Crippen molar-refractivity contribution in [3.8, 4) is 0 Å². The Balaban J connectivity index is 2.06. The van der Waals surface area contributed by atoms with Crippen LogP contribution in [0.3, 0.4) is 0 Å². The second-order valence-electron chi connectivity index (χ2n) is 6.67. The first-order chi connectivity index (χ1) is 11.9. The fourth-order valence-corrected chi connectivity index (χ4v) is 2.41. The second-order valence-corrected chi connectivity index (χ2v) is 6.67. The highest BCUT2D eigenvalue weighted by atomic mass is 16.2. The summed E-state index contributed by atoms with van der Waals surface area (Å²) in [4.78, 5) is 28.6. The van der Waals surface area contributed by atoms with Crippen LogP contribution >= 0.6 is 0 Å². The van der Waals surface area contributed by atoms with Crippen molar-refractivity contribution < 1.29 is 9.59 Å². The van der Waals surface area contributed by atoms with E-state index in [0.29, 0.717) is 23.6 Å². The van der Waals surface area contributed by atoms with E-state index < -0.39 is 0 Å². The minimum Gasteiger partial charge on any atom is -0.352 e. The largest absolute Gasteiger partial charge is 0.352 e. The number of nitrogens with one attached hydrogen (secondary N) is 2. The van der Waals surface area contributed by atoms with Crippen LogP contribution in [0.4, 0.5) is 5.69 Å². The van der Waals surface area contributed by atoms with E-state index in [1.54, 1.807) is 6.07 Å². The molecule has 0 aliphatic carbocycles. The van der Waals surface area contributed by atoms with Crippen LogP contribution in [0.5, 0.6) is 0 Å². The molecule has 132 valence electrons. The van der Waals surface area contributed by atoms with E-state index in [9.17, 15) is 9.59 Å². The van der Waals surface area contributed by atoms with Gasteiger partial charge in [0, 0.05) is 24.6 Å². The summed E-state index contributed by atoms with van der Waals surface area (Å²) in [5.41, 5.74) is 3.62. The zero-order valence-corrected chi connectivity index (χ0v) is 15.2. The first kappa shape index (κ1) is 18.6. The lowest BCUT2D eigenvalue weighted by Crippen LogP contribution is -2.26. The Morgan fingerprint density at radius 3 is 2.36 bits per heavy atom. The maximum atomic E-state index is 12.4. The number of carbonyl (C=O) groups excluding carboxylic acids is 2. The Morgan fingerprint density at radius 1 is 1.04 bits per heavy atom. The molecule has 0 fully saturated rings. The minimum atomic E-state index is -0.281. The third kappa shape index (κ3) is 5.41. The number of aromatic nitrogens is 1. The highest BCUT2D eigenvalue weighted by molar-refractivity contribution is 6.06. The molecule has 5 nitrogen and oxygen atoms in total. The molecule has 1 heterocycles. The average molecular weight is 339 g/mol. The number of nitrogens with zero attached hydrogens (tertiary/aromatic N) is 1. The average Bonchev–Trinajstić information content (AvgIpc) is 2.57. The van der Waals surface area contributed by atoms with Crippen molar-refractivity contribution in [2.24, 2.45) is 5.92 Å². The SMILES string of the molecule is Cc1ccc(NC(=O)c2cncc(C(=O)NCCC(C)C)c2)c(C)c1. The van der Waals surface area contributed by atoms with Gasteiger partial charge in [0.1, 0.15) is 0 Å². The number of hydrogen-bond donors (Lipinski definition) is 2. The van der Waals surface area contributed by atoms with E-state index >= 15 is 0 Å². The van der Waals surface area contributed by atoms with Crippen LogP contribution < -0.4 is 10.6 Å². The molecule has 0 bridgehead atoms. The lowest BCUT2D eigenvalue weighted by molar-refractivity contribution is 0.0951. The molecule has 2 amide bonds. The van der Waals surface area contributed by atoms with Crippen molar-refractivity contribution in [2.75, 3.05) is 11.9 Å². The number of benzene rings is 1. The molecule has 0 saturated heterocycles. The first-order valence-corrected chi connectivity index (χ1v) is 8.48. The molecule has 0 unspecified atom stereocenters. The summed E-state index contributed by atoms with van der Waals surface area (Å²) in [5.74, 6) is 0.0267. The number of pyridine rings is 1. The van der Waals surface area contributed by atoms with E-state index in [0.717, 1.165) is 23.2 Å². The minimum absolute atomic E-state index is 0.214. The van der Waals surface area contributed by atoms with E-state index in [2.05, 4.69) is 29.5 Å². The van der Waals surface area contributed by atoms with Gasteiger partial charge in [0.05, 0.1) is 11.1 Å². The molecule has 2 aromatic rings. The monoisotopic (exact) mass is 339 g/mol. The molecule has 0 atom stereocenters. The summed E-state index contributed by atoms with van der Waals surface area (Å²) in [5, 5.41) is 5.72. The molecule has 1 aromatic heterocycles. The first-order valence-electron chi connectivity index (χ1n) is 8.48. The summed E-state index contributed by atoms with van der Waals surface area (Å²) < 4.78 is 0. The molecule has 0 aliphatic heterocycles. The molecule has 2 rings (SSSR count). The summed E-state index contributed by atoms with van der Waals surface area (Å²) >= 11 is 0. The van der Waals surface area contributed by atoms with Gasteiger partial charge in [-0.3, -0.25) is 14.6 Å². The van der Waals surface area contributed by atoms with Gasteiger partial charge in [0.25, 0.3) is 11.8 Å². The quantitative estimate of drug-likeness (QED) is 0.842. The van der Waals surface area contributed by atoms with Crippen LogP contribution in [0.2, 0.25) is 0 Å². The van der Waals surface area contributed by atoms with Gasteiger partial charge in [0.15, 0.2) is 0 Å². The Hall–Kier alpha value is -2.69. The Labute approximate surface area is 148 Å². The van der Waals surface area contributed by atoms with Crippen LogP contribution in [-0.2, 0) is 0 Å². The predicted octanol–water partition coefficient (Wildman–Crippen LogP) is 3.73. The molecule has 0 aliphatic rings. The molecule has 1 aromatic carbocycles. The van der Waals surface area contributed by atoms with Crippen molar-refractivity contribution in [1.82, 2.24) is 10.3 Å². The Bertz CT molecular complexity index is 769. The normalized spacial score (nSPS) is 10.6. The molecular weight excluding hydrogens is 314 g/mol. The third-order valence-electron chi connectivity index (χ3n) is 3.90. The van der Waals surface area contributed by atoms with Gasteiger partial charge in [0.2, 0.25) is 0 Å². The number of hydrogen-bond acceptors (Lipinski definition) is 3. The number of amides is 2. The summed E-state index contributed by atoms with van der Waals surface area (Å²) in [6, 6.07) is 7.39. The molecule has 0 saturated carbocycles. The molecule has 2 N–H and O–H groups in total. The number of rotatable bonds is 6. The Morgan fingerprint density at radius 2 is 1.72 bits per heavy atom. The molecule has 0 spiro atoms. The van der Waals surface area contributed by atoms with Gasteiger partial charge in [-0.2, -0.15) is 0 Å². The van der Waals surface area contributed by atoms with Gasteiger partial charge in [-0.05, 0) is 43.9 Å². The smallest absolute Gasteiger partial charge is 0.257 e. The molecule has 5 heteroatoms. The standard InChI is InChI=1S/C20H25N3O2/c1-13(2)7-8-22-19(24)16-10-17(12-21-11-16)20(25)23-18-6-5-14(3)9-15(18)4/h5-6,9-13H,7-8H2,1-4H3,(H,22,24)(H,23,25). The van der Waals surface area contributed by atoms with Crippen molar-refractivity contribution in [2.45, 2.75) is 34.1 Å². The zero-order valence-electron chi connectivity index (χ0n) is 15.2. The lowest BCUT2D eigenvalue weighted by Gasteiger charge is -2.10. The lowest BCUT2D eigenvalue weighted by atomic mass is 10.1. The molecule has 0 radical (unpaired) electrons. The second kappa shape index (κ2) is 8.42. The van der Waals surface area contributed by atoms with Crippen LogP contribution in [-0.4, -0.2) is 23.3 Å². The number of carbonyl (C=O) groups is 2. The van der Waals surface area contributed by atoms with Crippen LogP contribution in [0.15, 0.2) is 36.7 Å². The fourth-order valence-electron chi connectivity index (χ4n) is 2.41. The van der Waals surface area contributed by atoms with Gasteiger partial charge in [-0.25, -0.2) is 0 Å². The predicted molar refractivity (Wildman–Crippen MR) is 99.9 cm³/mol. The third-order valence-corrected chi connectivity index (χ3v) is 3.90. The van der Waals surface area contributed by atoms with Crippen LogP contribution in [0.1, 0.15) is 52.1 Å². The molecular formula is C20H25N3O2. The summed E-state index contributed by atoms with van der Waals surface area (Å²) in [7, 11) is 0. The van der Waals surface area contributed by atoms with Crippen LogP contribution in [0, 0.1) is 19.8 Å². The topological polar surface area (TPSA) is 71.1 Å². The number of aryl methyl sites for hydroxylation is 2. The van der Waals surface area contributed by atoms with Crippen molar-refractivity contribution in [3.63, 3.8) is 0 Å². The van der Waals surface area contributed by atoms with E-state index in [4.69, 9.17) is 0 Å². The Kier molecular flexibility index (Phi) is 6.28. The summed E-state index contributed by atoms with van der Waals surface area (Å²) in [6.07, 6.45) is 3.84. The highest BCUT2D eigenvalue weighted by Crippen LogP contribution is 2.17. The van der Waals surface area contributed by atoms with Crippen molar-refractivity contribution in [3.05, 3.63) is 58.9 Å². The highest BCUT2D eigenvalue weighted by Gasteiger charge is 2.12. The summed E-state index contributed by atoms with van der Waals surface area (Å²) in [6.45, 7) is 8.76. The number of anilines is 1. The fraction of sp³-hybridized carbons (Fsp3) is 0.350.